The van der Waals surface area contributed by atoms with E-state index in [0.717, 1.165) is 17.0 Å². The molecule has 6 heteroatoms. The molecule has 5 rings (SSSR count). The quantitative estimate of drug-likeness (QED) is 0.926. The minimum absolute atomic E-state index is 0.116. The van der Waals surface area contributed by atoms with Crippen LogP contribution in [-0.2, 0) is 0 Å². The first-order valence-electron chi connectivity index (χ1n) is 7.84. The molecular weight excluding hydrogens is 296 g/mol. The molecule has 2 bridgehead atoms. The molecule has 22 heavy (non-hydrogen) atoms. The van der Waals surface area contributed by atoms with Gasteiger partial charge in [0.05, 0.1) is 6.20 Å². The predicted octanol–water partition coefficient (Wildman–Crippen LogP) is 2.65. The fourth-order valence-corrected chi connectivity index (χ4v) is 4.39. The van der Waals surface area contributed by atoms with Crippen molar-refractivity contribution in [3.05, 3.63) is 29.9 Å². The number of hydrogen-bond donors (Lipinski definition) is 1. The van der Waals surface area contributed by atoms with Crippen LogP contribution in [0.3, 0.4) is 0 Å². The van der Waals surface area contributed by atoms with Crippen LogP contribution in [0.2, 0.25) is 0 Å². The zero-order valence-corrected chi connectivity index (χ0v) is 13.4. The lowest BCUT2D eigenvalue weighted by Crippen LogP contribution is -2.60. The van der Waals surface area contributed by atoms with E-state index < -0.39 is 0 Å². The fourth-order valence-electron chi connectivity index (χ4n) is 3.69. The predicted molar refractivity (Wildman–Crippen MR) is 87.0 cm³/mol. The SMILES string of the molecule is CC1CC2CCN1C[C@@H]2NC(=O)n1cc(-c2cccs2)cn1. The Kier molecular flexibility index (Phi) is 3.50. The Labute approximate surface area is 133 Å². The number of thiophene rings is 1. The van der Waals surface area contributed by atoms with Gasteiger partial charge in [-0.2, -0.15) is 9.78 Å². The highest BCUT2D eigenvalue weighted by molar-refractivity contribution is 7.13. The maximum Gasteiger partial charge on any atom is 0.342 e. The molecule has 3 saturated heterocycles. The van der Waals surface area contributed by atoms with Crippen molar-refractivity contribution in [1.29, 1.82) is 0 Å². The third-order valence-electron chi connectivity index (χ3n) is 4.96. The molecule has 0 saturated carbocycles. The summed E-state index contributed by atoms with van der Waals surface area (Å²) in [5, 5.41) is 9.41. The Hall–Kier alpha value is -1.66. The summed E-state index contributed by atoms with van der Waals surface area (Å²) >= 11 is 1.66. The van der Waals surface area contributed by atoms with Gasteiger partial charge in [0.1, 0.15) is 0 Å². The van der Waals surface area contributed by atoms with E-state index in [4.69, 9.17) is 0 Å². The van der Waals surface area contributed by atoms with Crippen LogP contribution in [0.1, 0.15) is 19.8 Å². The number of amides is 1. The number of fused-ring (bicyclic) bond motifs is 3. The zero-order valence-electron chi connectivity index (χ0n) is 12.6. The highest BCUT2D eigenvalue weighted by Crippen LogP contribution is 2.32. The molecule has 0 aromatic carbocycles. The summed E-state index contributed by atoms with van der Waals surface area (Å²) in [4.78, 5) is 16.0. The van der Waals surface area contributed by atoms with Gasteiger partial charge < -0.3 is 5.32 Å². The van der Waals surface area contributed by atoms with Crippen molar-refractivity contribution < 1.29 is 4.79 Å². The molecule has 0 radical (unpaired) electrons. The Balaban J connectivity index is 1.45. The lowest BCUT2D eigenvalue weighted by Gasteiger charge is -2.48. The van der Waals surface area contributed by atoms with Gasteiger partial charge in [-0.05, 0) is 43.7 Å². The van der Waals surface area contributed by atoms with Crippen molar-refractivity contribution in [2.45, 2.75) is 31.8 Å². The summed E-state index contributed by atoms with van der Waals surface area (Å²) in [6, 6.07) is 4.84. The average molecular weight is 316 g/mol. The molecule has 5 heterocycles. The highest BCUT2D eigenvalue weighted by Gasteiger charge is 2.38. The molecule has 5 nitrogen and oxygen atoms in total. The first-order valence-corrected chi connectivity index (χ1v) is 8.72. The third kappa shape index (κ3) is 2.46. The first kappa shape index (κ1) is 14.0. The number of nitrogens with one attached hydrogen (secondary N) is 1. The van der Waals surface area contributed by atoms with Gasteiger partial charge >= 0.3 is 6.03 Å². The van der Waals surface area contributed by atoms with E-state index in [1.807, 2.05) is 23.7 Å². The van der Waals surface area contributed by atoms with Crippen LogP contribution < -0.4 is 5.32 Å². The Morgan fingerprint density at radius 2 is 2.41 bits per heavy atom. The standard InChI is InChI=1S/C16H20N4OS/c1-11-7-12-4-5-19(11)10-14(12)18-16(21)20-9-13(8-17-20)15-3-2-6-22-15/h2-3,6,8-9,11-12,14H,4-5,7,10H2,1H3,(H,18,21)/t11?,12?,14-/m0/s1. The molecule has 2 aromatic rings. The molecule has 1 N–H and O–H groups in total. The normalized spacial score (nSPS) is 30.4. The molecule has 116 valence electrons. The molecule has 0 spiro atoms. The summed E-state index contributed by atoms with van der Waals surface area (Å²) in [7, 11) is 0. The number of nitrogens with zero attached hydrogens (tertiary/aromatic N) is 3. The second-order valence-electron chi connectivity index (χ2n) is 6.34. The van der Waals surface area contributed by atoms with Gasteiger partial charge in [0.2, 0.25) is 0 Å². The smallest absolute Gasteiger partial charge is 0.332 e. The number of carbonyl (C=O) groups is 1. The number of carbonyl (C=O) groups excluding carboxylic acids is 1. The fraction of sp³-hybridized carbons (Fsp3) is 0.500. The summed E-state index contributed by atoms with van der Waals surface area (Å²) in [6.07, 6.45) is 5.94. The molecule has 2 aromatic heterocycles. The van der Waals surface area contributed by atoms with E-state index in [0.29, 0.717) is 12.0 Å². The van der Waals surface area contributed by atoms with Crippen molar-refractivity contribution in [2.75, 3.05) is 13.1 Å². The van der Waals surface area contributed by atoms with E-state index in [9.17, 15) is 4.79 Å². The minimum Gasteiger partial charge on any atom is -0.332 e. The first-order chi connectivity index (χ1) is 10.7. The lowest BCUT2D eigenvalue weighted by molar-refractivity contribution is 0.0321. The van der Waals surface area contributed by atoms with E-state index in [1.54, 1.807) is 17.5 Å². The van der Waals surface area contributed by atoms with Crippen molar-refractivity contribution in [1.82, 2.24) is 20.0 Å². The number of aromatic nitrogens is 2. The molecule has 1 amide bonds. The maximum atomic E-state index is 12.4. The van der Waals surface area contributed by atoms with Crippen LogP contribution >= 0.6 is 11.3 Å². The van der Waals surface area contributed by atoms with Crippen LogP contribution in [0.4, 0.5) is 4.79 Å². The van der Waals surface area contributed by atoms with E-state index in [2.05, 4.69) is 22.2 Å². The van der Waals surface area contributed by atoms with Crippen LogP contribution in [0, 0.1) is 5.92 Å². The maximum absolute atomic E-state index is 12.4. The van der Waals surface area contributed by atoms with Crippen LogP contribution in [0.5, 0.6) is 0 Å². The van der Waals surface area contributed by atoms with Crippen LogP contribution in [0.25, 0.3) is 10.4 Å². The van der Waals surface area contributed by atoms with Gasteiger partial charge in [-0.1, -0.05) is 6.07 Å². The summed E-state index contributed by atoms with van der Waals surface area (Å²) in [6.45, 7) is 4.42. The van der Waals surface area contributed by atoms with E-state index in [1.165, 1.54) is 24.1 Å². The Morgan fingerprint density at radius 3 is 3.09 bits per heavy atom. The Morgan fingerprint density at radius 1 is 1.50 bits per heavy atom. The molecule has 4 atom stereocenters. The highest BCUT2D eigenvalue weighted by atomic mass is 32.1. The topological polar surface area (TPSA) is 50.2 Å². The van der Waals surface area contributed by atoms with Gasteiger partial charge in [-0.25, -0.2) is 4.79 Å². The second-order valence-corrected chi connectivity index (χ2v) is 7.28. The average Bonchev–Trinajstić information content (AvgIpc) is 3.19. The van der Waals surface area contributed by atoms with Crippen molar-refractivity contribution in [3.63, 3.8) is 0 Å². The molecule has 0 aliphatic carbocycles. The van der Waals surface area contributed by atoms with Gasteiger partial charge in [0, 0.05) is 35.3 Å². The zero-order chi connectivity index (χ0) is 15.1. The molecule has 3 aliphatic heterocycles. The molecule has 3 aliphatic rings. The van der Waals surface area contributed by atoms with Crippen LogP contribution in [-0.4, -0.2) is 45.9 Å². The molecule has 3 fully saturated rings. The summed E-state index contributed by atoms with van der Waals surface area (Å²) in [5.74, 6) is 0.608. The molecule has 3 unspecified atom stereocenters. The van der Waals surface area contributed by atoms with Crippen LogP contribution in [0.15, 0.2) is 29.9 Å². The van der Waals surface area contributed by atoms with E-state index >= 15 is 0 Å². The monoisotopic (exact) mass is 316 g/mol. The van der Waals surface area contributed by atoms with Crippen molar-refractivity contribution in [3.8, 4) is 10.4 Å². The number of piperidine rings is 3. The second kappa shape index (κ2) is 5.52. The van der Waals surface area contributed by atoms with E-state index in [-0.39, 0.29) is 12.1 Å². The van der Waals surface area contributed by atoms with Crippen molar-refractivity contribution >= 4 is 17.4 Å². The van der Waals surface area contributed by atoms with Crippen molar-refractivity contribution in [2.24, 2.45) is 5.92 Å². The third-order valence-corrected chi connectivity index (χ3v) is 5.88. The Bertz CT molecular complexity index is 666. The number of rotatable bonds is 2. The van der Waals surface area contributed by atoms with Gasteiger partial charge in [0.15, 0.2) is 0 Å². The van der Waals surface area contributed by atoms with Gasteiger partial charge in [-0.15, -0.1) is 11.3 Å². The number of hydrogen-bond acceptors (Lipinski definition) is 4. The van der Waals surface area contributed by atoms with Gasteiger partial charge in [-0.3, -0.25) is 4.90 Å². The minimum atomic E-state index is -0.116. The molecular formula is C16H20N4OS. The summed E-state index contributed by atoms with van der Waals surface area (Å²) in [5.41, 5.74) is 0.993. The largest absolute Gasteiger partial charge is 0.342 e. The summed E-state index contributed by atoms with van der Waals surface area (Å²) < 4.78 is 1.43. The van der Waals surface area contributed by atoms with Gasteiger partial charge in [0.25, 0.3) is 0 Å². The lowest BCUT2D eigenvalue weighted by atomic mass is 9.80.